The van der Waals surface area contributed by atoms with Crippen molar-refractivity contribution in [3.8, 4) is 23.0 Å². The number of benzene rings is 8. The number of nitrogens with zero attached hydrogens (tertiary/aromatic N) is 4. The van der Waals surface area contributed by atoms with Gasteiger partial charge in [0.2, 0.25) is 0 Å². The molecule has 0 atom stereocenters. The molecule has 0 fully saturated rings. The molecule has 4 aliphatic heterocycles. The minimum Gasteiger partial charge on any atom is -0.473 e. The van der Waals surface area contributed by atoms with Gasteiger partial charge >= 0.3 is 0 Å². The summed E-state index contributed by atoms with van der Waals surface area (Å²) >= 11 is 0. The lowest BCUT2D eigenvalue weighted by molar-refractivity contribution is 0.288. The molecule has 0 aliphatic carbocycles. The van der Waals surface area contributed by atoms with E-state index in [1.807, 2.05) is 24.3 Å². The third-order valence-electron chi connectivity index (χ3n) is 13.7. The molecule has 0 bridgehead atoms. The van der Waals surface area contributed by atoms with Crippen molar-refractivity contribution >= 4 is 22.7 Å². The molecule has 8 heteroatoms. The van der Waals surface area contributed by atoms with Crippen LogP contribution in [0.2, 0.25) is 0 Å². The second kappa shape index (κ2) is 18.8. The Bertz CT molecular complexity index is 2800. The van der Waals surface area contributed by atoms with Crippen molar-refractivity contribution in [2.24, 2.45) is 0 Å². The van der Waals surface area contributed by atoms with Crippen molar-refractivity contribution in [1.82, 2.24) is 0 Å². The van der Waals surface area contributed by atoms with Gasteiger partial charge in [-0.15, -0.1) is 0 Å². The first-order chi connectivity index (χ1) is 33.4. The number of rotatable bonds is 8. The van der Waals surface area contributed by atoms with E-state index >= 15 is 0 Å². The van der Waals surface area contributed by atoms with Crippen molar-refractivity contribution in [3.05, 3.63) is 239 Å². The maximum Gasteiger partial charge on any atom is 0.161 e. The van der Waals surface area contributed by atoms with Crippen LogP contribution in [0.5, 0.6) is 23.0 Å². The monoisotopic (exact) mass is 896 g/mol. The molecule has 4 aliphatic rings. The summed E-state index contributed by atoms with van der Waals surface area (Å²) in [5, 5.41) is 0. The van der Waals surface area contributed by atoms with E-state index in [1.54, 1.807) is 0 Å². The van der Waals surface area contributed by atoms with E-state index in [0.29, 0.717) is 26.9 Å². The lowest BCUT2D eigenvalue weighted by Crippen LogP contribution is -2.32. The van der Waals surface area contributed by atoms with Gasteiger partial charge in [0, 0.05) is 76.6 Å². The van der Waals surface area contributed by atoms with Crippen LogP contribution in [0.25, 0.3) is 0 Å². The highest BCUT2D eigenvalue weighted by Gasteiger charge is 2.29. The van der Waals surface area contributed by atoms with Crippen molar-refractivity contribution in [3.63, 3.8) is 0 Å². The zero-order valence-corrected chi connectivity index (χ0v) is 38.8. The van der Waals surface area contributed by atoms with Crippen LogP contribution >= 0.6 is 0 Å². The van der Waals surface area contributed by atoms with Crippen LogP contribution in [0, 0.1) is 0 Å². The fraction of sp³-hybridized carbons (Fsp3) is 0.200. The molecule has 68 heavy (non-hydrogen) atoms. The van der Waals surface area contributed by atoms with Gasteiger partial charge in [-0.2, -0.15) is 0 Å². The van der Waals surface area contributed by atoms with Crippen molar-refractivity contribution in [1.29, 1.82) is 0 Å². The highest BCUT2D eigenvalue weighted by Crippen LogP contribution is 2.40. The molecule has 0 radical (unpaired) electrons. The van der Waals surface area contributed by atoms with E-state index < -0.39 is 0 Å². The third kappa shape index (κ3) is 9.14. The van der Waals surface area contributed by atoms with Gasteiger partial charge in [0.25, 0.3) is 0 Å². The molecule has 0 unspecified atom stereocenters. The molecule has 0 saturated heterocycles. The summed E-state index contributed by atoms with van der Waals surface area (Å²) in [6.07, 6.45) is 0.886. The maximum atomic E-state index is 6.10. The van der Waals surface area contributed by atoms with E-state index in [-0.39, 0.29) is 5.41 Å². The summed E-state index contributed by atoms with van der Waals surface area (Å²) in [5.41, 5.74) is 14.7. The van der Waals surface area contributed by atoms with Gasteiger partial charge in [-0.1, -0.05) is 111 Å². The average Bonchev–Trinajstić information content (AvgIpc) is 3.41. The Labute approximate surface area is 400 Å². The average molecular weight is 897 g/mol. The quantitative estimate of drug-likeness (QED) is 0.150. The molecule has 4 heterocycles. The first-order valence-electron chi connectivity index (χ1n) is 23.6. The van der Waals surface area contributed by atoms with Crippen molar-refractivity contribution in [2.45, 2.75) is 51.9 Å². The highest BCUT2D eigenvalue weighted by molar-refractivity contribution is 5.56. The van der Waals surface area contributed by atoms with Gasteiger partial charge in [-0.05, 0) is 126 Å². The molecule has 0 spiro atoms. The molecule has 8 nitrogen and oxygen atoms in total. The molecule has 8 aromatic rings. The van der Waals surface area contributed by atoms with Crippen LogP contribution in [-0.4, -0.2) is 26.9 Å². The summed E-state index contributed by atoms with van der Waals surface area (Å²) in [7, 11) is 0. The molecule has 8 aromatic carbocycles. The van der Waals surface area contributed by atoms with E-state index in [1.165, 1.54) is 67.3 Å². The standard InChI is InChI=1S/C31H30N2O2.C29H26N2O2/c1-31(2,25-13-15-29-23(17-25)19-32(21-34-29)27-9-5-3-6-10-27)26-14-16-30-24(18-26)20-33(22-35-30)28-11-7-4-8-12-28;1-3-7-26(8-4-1)30-18-24-16-22(11-13-28(24)32-20-30)15-23-12-14-29-25(17-23)19-31(21-33-29)27-9-5-2-6-10-27/h3-18H,19-22H2,1-2H3;1-14,16-17H,15,18-21H2. The second-order valence-corrected chi connectivity index (χ2v) is 18.6. The Morgan fingerprint density at radius 1 is 0.338 bits per heavy atom. The van der Waals surface area contributed by atoms with Gasteiger partial charge in [0.1, 0.15) is 23.0 Å². The molecule has 0 amide bonds. The molecule has 0 N–H and O–H groups in total. The largest absolute Gasteiger partial charge is 0.473 e. The van der Waals surface area contributed by atoms with Crippen LogP contribution in [0.15, 0.2) is 194 Å². The second-order valence-electron chi connectivity index (χ2n) is 18.6. The molecular formula is C60H56N4O4. The fourth-order valence-electron chi connectivity index (χ4n) is 9.70. The van der Waals surface area contributed by atoms with Gasteiger partial charge in [-0.25, -0.2) is 0 Å². The minimum atomic E-state index is -0.159. The number of hydrogen-bond donors (Lipinski definition) is 0. The zero-order chi connectivity index (χ0) is 45.9. The lowest BCUT2D eigenvalue weighted by Gasteiger charge is -2.34. The molecule has 0 aromatic heterocycles. The SMILES string of the molecule is CC(C)(c1ccc2c(c1)CN(c1ccccc1)CO2)c1ccc2c(c1)CN(c1ccccc1)CO2.c1ccc(N2COc3ccc(Cc4ccc5c(c4)CN(c4ccccc4)CO5)cc3C2)cc1. The number of para-hydroxylation sites is 4. The molecule has 0 saturated carbocycles. The van der Waals surface area contributed by atoms with Crippen molar-refractivity contribution in [2.75, 3.05) is 46.5 Å². The number of ether oxygens (including phenoxy) is 4. The molecule has 340 valence electrons. The summed E-state index contributed by atoms with van der Waals surface area (Å²) in [4.78, 5) is 9.07. The number of anilines is 4. The molecule has 12 rings (SSSR count). The molecular weight excluding hydrogens is 841 g/mol. The Morgan fingerprint density at radius 3 is 0.926 bits per heavy atom. The van der Waals surface area contributed by atoms with Crippen LogP contribution in [-0.2, 0) is 38.0 Å². The van der Waals surface area contributed by atoms with E-state index in [4.69, 9.17) is 18.9 Å². The fourth-order valence-corrected chi connectivity index (χ4v) is 9.70. The topological polar surface area (TPSA) is 49.9 Å². The van der Waals surface area contributed by atoms with Crippen molar-refractivity contribution < 1.29 is 18.9 Å². The Balaban J connectivity index is 0.000000149. The normalized spacial score (nSPS) is 14.9. The summed E-state index contributed by atoms with van der Waals surface area (Å²) in [6, 6.07) is 68.3. The minimum absolute atomic E-state index is 0.159. The summed E-state index contributed by atoms with van der Waals surface area (Å²) in [6.45, 7) is 10.3. The van der Waals surface area contributed by atoms with Crippen LogP contribution in [0.3, 0.4) is 0 Å². The van der Waals surface area contributed by atoms with Crippen LogP contribution < -0.4 is 38.5 Å². The van der Waals surface area contributed by atoms with Crippen LogP contribution in [0.1, 0.15) is 58.4 Å². The Morgan fingerprint density at radius 2 is 0.618 bits per heavy atom. The van der Waals surface area contributed by atoms with E-state index in [2.05, 4.69) is 203 Å². The summed E-state index contributed by atoms with van der Waals surface area (Å²) in [5.74, 6) is 3.94. The number of fused-ring (bicyclic) bond motifs is 4. The highest BCUT2D eigenvalue weighted by atomic mass is 16.5. The summed E-state index contributed by atoms with van der Waals surface area (Å²) < 4.78 is 24.2. The van der Waals surface area contributed by atoms with Gasteiger partial charge in [-0.3, -0.25) is 0 Å². The first kappa shape index (κ1) is 42.8. The van der Waals surface area contributed by atoms with Gasteiger partial charge in [0.05, 0.1) is 0 Å². The number of hydrogen-bond acceptors (Lipinski definition) is 8. The Kier molecular flexibility index (Phi) is 11.8. The Hall–Kier alpha value is -7.84. The first-order valence-corrected chi connectivity index (χ1v) is 23.6. The lowest BCUT2D eigenvalue weighted by atomic mass is 9.77. The zero-order valence-electron chi connectivity index (χ0n) is 38.8. The smallest absolute Gasteiger partial charge is 0.161 e. The third-order valence-corrected chi connectivity index (χ3v) is 13.7. The van der Waals surface area contributed by atoms with Crippen LogP contribution in [0.4, 0.5) is 22.7 Å². The van der Waals surface area contributed by atoms with Gasteiger partial charge < -0.3 is 38.5 Å². The predicted molar refractivity (Wildman–Crippen MR) is 273 cm³/mol. The maximum absolute atomic E-state index is 6.10. The van der Waals surface area contributed by atoms with Gasteiger partial charge in [0.15, 0.2) is 26.9 Å². The predicted octanol–water partition coefficient (Wildman–Crippen LogP) is 12.7. The van der Waals surface area contributed by atoms with E-state index in [9.17, 15) is 0 Å². The van der Waals surface area contributed by atoms with E-state index in [0.717, 1.165) is 55.6 Å².